The molecule has 1 aromatic rings. The Morgan fingerprint density at radius 2 is 2.08 bits per heavy atom. The fourth-order valence-corrected chi connectivity index (χ4v) is 3.94. The highest BCUT2D eigenvalue weighted by Gasteiger charge is 2.64. The number of esters is 1. The Morgan fingerprint density at radius 1 is 1.42 bits per heavy atom. The van der Waals surface area contributed by atoms with Gasteiger partial charge in [0.05, 0.1) is 28.9 Å². The van der Waals surface area contributed by atoms with Crippen LogP contribution >= 0.6 is 15.9 Å². The summed E-state index contributed by atoms with van der Waals surface area (Å²) in [6.45, 7) is 6.19. The lowest BCUT2D eigenvalue weighted by molar-refractivity contribution is -0.187. The number of carbonyl (C=O) groups excluding carboxylic acids is 1. The van der Waals surface area contributed by atoms with Crippen LogP contribution in [0.25, 0.3) is 0 Å². The van der Waals surface area contributed by atoms with Crippen LogP contribution in [-0.4, -0.2) is 34.1 Å². The zero-order valence-electron chi connectivity index (χ0n) is 15.0. The van der Waals surface area contributed by atoms with Crippen LogP contribution < -0.4 is 9.46 Å². The van der Waals surface area contributed by atoms with E-state index in [1.165, 1.54) is 19.1 Å². The largest absolute Gasteiger partial charge is 0.493 e. The van der Waals surface area contributed by atoms with Crippen molar-refractivity contribution in [1.82, 2.24) is 4.72 Å². The van der Waals surface area contributed by atoms with Gasteiger partial charge in [-0.25, -0.2) is 13.7 Å². The van der Waals surface area contributed by atoms with E-state index in [0.29, 0.717) is 4.47 Å². The van der Waals surface area contributed by atoms with Gasteiger partial charge in [-0.2, -0.15) is 8.78 Å². The van der Waals surface area contributed by atoms with Crippen LogP contribution in [0.15, 0.2) is 22.7 Å². The van der Waals surface area contributed by atoms with Crippen molar-refractivity contribution in [2.75, 3.05) is 13.2 Å². The van der Waals surface area contributed by atoms with Gasteiger partial charge in [0.1, 0.15) is 11.3 Å². The van der Waals surface area contributed by atoms with Gasteiger partial charge in [0.15, 0.2) is 0 Å². The van der Waals surface area contributed by atoms with Crippen molar-refractivity contribution in [1.29, 1.82) is 0 Å². The van der Waals surface area contributed by atoms with Gasteiger partial charge in [0, 0.05) is 16.5 Å². The molecule has 0 fully saturated rings. The maximum absolute atomic E-state index is 15.4. The molecule has 0 unspecified atom stereocenters. The van der Waals surface area contributed by atoms with Gasteiger partial charge in [0.25, 0.3) is 0 Å². The Hall–Kier alpha value is -1.06. The minimum atomic E-state index is -3.96. The third-order valence-corrected chi connectivity index (χ3v) is 6.17. The van der Waals surface area contributed by atoms with Crippen LogP contribution in [0.1, 0.15) is 39.7 Å². The van der Waals surface area contributed by atoms with Crippen LogP contribution in [-0.2, 0) is 26.1 Å². The number of fused-ring (bicyclic) bond motifs is 1. The average Bonchev–Trinajstić information content (AvgIpc) is 2.54. The monoisotopic (exact) mass is 453 g/mol. The van der Waals surface area contributed by atoms with Gasteiger partial charge >= 0.3 is 11.9 Å². The van der Waals surface area contributed by atoms with Crippen LogP contribution in [0.2, 0.25) is 0 Å². The summed E-state index contributed by atoms with van der Waals surface area (Å²) in [5, 5.41) is 0. The van der Waals surface area contributed by atoms with E-state index in [-0.39, 0.29) is 30.9 Å². The van der Waals surface area contributed by atoms with E-state index in [0.717, 1.165) is 0 Å². The minimum absolute atomic E-state index is 0.0576. The van der Waals surface area contributed by atoms with Gasteiger partial charge in [-0.05, 0) is 45.9 Å². The van der Waals surface area contributed by atoms with Crippen LogP contribution in [0.4, 0.5) is 8.78 Å². The van der Waals surface area contributed by atoms with Crippen molar-refractivity contribution >= 4 is 32.9 Å². The van der Waals surface area contributed by atoms with Crippen LogP contribution in [0.5, 0.6) is 5.75 Å². The van der Waals surface area contributed by atoms with Gasteiger partial charge in [-0.1, -0.05) is 15.9 Å². The summed E-state index contributed by atoms with van der Waals surface area (Å²) in [4.78, 5) is 12.1. The first-order valence-electron chi connectivity index (χ1n) is 8.13. The predicted molar refractivity (Wildman–Crippen MR) is 98.5 cm³/mol. The summed E-state index contributed by atoms with van der Waals surface area (Å²) in [5.41, 5.74) is -2.15. The van der Waals surface area contributed by atoms with E-state index in [2.05, 4.69) is 25.4 Å². The molecule has 1 aromatic carbocycles. The lowest BCUT2D eigenvalue weighted by Gasteiger charge is -2.43. The third-order valence-electron chi connectivity index (χ3n) is 4.03. The molecule has 146 valence electrons. The van der Waals surface area contributed by atoms with Crippen molar-refractivity contribution in [2.45, 2.75) is 50.3 Å². The molecule has 0 bridgehead atoms. The van der Waals surface area contributed by atoms with Crippen molar-refractivity contribution in [3.8, 4) is 5.75 Å². The average molecular weight is 454 g/mol. The minimum Gasteiger partial charge on any atom is -0.493 e. The van der Waals surface area contributed by atoms with Crippen LogP contribution in [0, 0.1) is 0 Å². The molecule has 2 atom stereocenters. The second-order valence-corrected chi connectivity index (χ2v) is 9.80. The smallest absolute Gasteiger partial charge is 0.379 e. The van der Waals surface area contributed by atoms with Crippen molar-refractivity contribution in [3.63, 3.8) is 0 Å². The highest BCUT2D eigenvalue weighted by atomic mass is 79.9. The number of carbonyl (C=O) groups is 1. The summed E-state index contributed by atoms with van der Waals surface area (Å²) in [6.07, 6.45) is -0.246. The molecule has 1 N–H and O–H groups in total. The predicted octanol–water partition coefficient (Wildman–Crippen LogP) is 3.68. The second-order valence-electron chi connectivity index (χ2n) is 6.92. The van der Waals surface area contributed by atoms with Crippen molar-refractivity contribution in [2.24, 2.45) is 0 Å². The number of alkyl halides is 2. The quantitative estimate of drug-likeness (QED) is 0.690. The molecule has 0 radical (unpaired) electrons. The van der Waals surface area contributed by atoms with E-state index >= 15 is 8.78 Å². The maximum atomic E-state index is 15.4. The summed E-state index contributed by atoms with van der Waals surface area (Å²) in [6, 6.07) is 4.64. The Morgan fingerprint density at radius 3 is 2.65 bits per heavy atom. The zero-order valence-corrected chi connectivity index (χ0v) is 17.4. The SMILES string of the molecule is CCOC(=O)C(F)(F)[C@@]1(N[S@@](=O)C(C)(C)C)CCOc2ccc(Br)cc21. The lowest BCUT2D eigenvalue weighted by Crippen LogP contribution is -2.63. The molecule has 0 spiro atoms. The van der Waals surface area contributed by atoms with Crippen molar-refractivity contribution < 1.29 is 27.3 Å². The number of rotatable bonds is 5. The second kappa shape index (κ2) is 7.52. The first-order chi connectivity index (χ1) is 12.0. The molecular formula is C17H22BrF2NO4S. The van der Waals surface area contributed by atoms with E-state index < -0.39 is 33.2 Å². The maximum Gasteiger partial charge on any atom is 0.379 e. The molecule has 0 saturated heterocycles. The zero-order chi connectivity index (χ0) is 19.8. The fourth-order valence-electron chi connectivity index (χ4n) is 2.61. The van der Waals surface area contributed by atoms with Gasteiger partial charge in [-0.3, -0.25) is 0 Å². The number of halogens is 3. The number of nitrogens with one attached hydrogen (secondary N) is 1. The van der Waals surface area contributed by atoms with E-state index in [4.69, 9.17) is 4.74 Å². The number of benzene rings is 1. The number of hydrogen-bond acceptors (Lipinski definition) is 4. The Balaban J connectivity index is 2.67. The summed E-state index contributed by atoms with van der Waals surface area (Å²) in [7, 11) is -1.86. The first-order valence-corrected chi connectivity index (χ1v) is 10.1. The number of ether oxygens (including phenoxy) is 2. The van der Waals surface area contributed by atoms with Gasteiger partial charge in [0.2, 0.25) is 0 Å². The normalized spacial score (nSPS) is 21.5. The van der Waals surface area contributed by atoms with Crippen LogP contribution in [0.3, 0.4) is 0 Å². The summed E-state index contributed by atoms with van der Waals surface area (Å²) < 4.78 is 55.8. The number of hydrogen-bond donors (Lipinski definition) is 1. The third kappa shape index (κ3) is 3.80. The molecule has 1 heterocycles. The molecule has 0 aliphatic carbocycles. The summed E-state index contributed by atoms with van der Waals surface area (Å²) in [5.74, 6) is -5.41. The van der Waals surface area contributed by atoms with E-state index in [1.807, 2.05) is 0 Å². The molecule has 0 aromatic heterocycles. The molecule has 0 amide bonds. The van der Waals surface area contributed by atoms with E-state index in [1.54, 1.807) is 26.8 Å². The molecule has 5 nitrogen and oxygen atoms in total. The van der Waals surface area contributed by atoms with Gasteiger partial charge in [-0.15, -0.1) is 0 Å². The molecule has 2 rings (SSSR count). The highest BCUT2D eigenvalue weighted by Crippen LogP contribution is 2.48. The van der Waals surface area contributed by atoms with Crippen molar-refractivity contribution in [3.05, 3.63) is 28.2 Å². The Labute approximate surface area is 162 Å². The molecule has 1 aliphatic rings. The topological polar surface area (TPSA) is 64.6 Å². The molecule has 0 saturated carbocycles. The molecular weight excluding hydrogens is 432 g/mol. The standard InChI is InChI=1S/C17H22BrF2NO4S/c1-5-24-14(22)17(19,20)16(21-26(23)15(2,3)4)8-9-25-13-7-6-11(18)10-12(13)16/h6-7,10,21H,5,8-9H2,1-4H3/t16-,26+/m1/s1. The van der Waals surface area contributed by atoms with Gasteiger partial charge < -0.3 is 9.47 Å². The van der Waals surface area contributed by atoms with E-state index in [9.17, 15) is 9.00 Å². The molecule has 26 heavy (non-hydrogen) atoms. The fraction of sp³-hybridized carbons (Fsp3) is 0.588. The Bertz CT molecular complexity index is 723. The Kier molecular flexibility index (Phi) is 6.14. The molecule has 9 heteroatoms. The lowest BCUT2D eigenvalue weighted by atomic mass is 9.79. The molecule has 1 aliphatic heterocycles. The summed E-state index contributed by atoms with van der Waals surface area (Å²) >= 11 is 3.26. The first kappa shape index (κ1) is 21.2. The highest BCUT2D eigenvalue weighted by molar-refractivity contribution is 9.10.